The fourth-order valence-corrected chi connectivity index (χ4v) is 2.49. The number of halogens is 1. The van der Waals surface area contributed by atoms with Crippen molar-refractivity contribution in [1.82, 2.24) is 25.3 Å². The van der Waals surface area contributed by atoms with Crippen molar-refractivity contribution in [2.45, 2.75) is 32.9 Å². The first-order chi connectivity index (χ1) is 13.4. The summed E-state index contributed by atoms with van der Waals surface area (Å²) in [6.45, 7) is 4.14. The van der Waals surface area contributed by atoms with Crippen LogP contribution in [-0.4, -0.2) is 37.3 Å². The average molecular weight is 451 g/mol. The first kappa shape index (κ1) is 19.6. The maximum atomic E-state index is 10.9. The van der Waals surface area contributed by atoms with E-state index in [0.717, 1.165) is 0 Å². The second kappa shape index (κ2) is 8.69. The number of H-pyrrole nitrogens is 1. The van der Waals surface area contributed by atoms with Gasteiger partial charge in [0.1, 0.15) is 5.82 Å². The third kappa shape index (κ3) is 5.42. The second-order valence-electron chi connectivity index (χ2n) is 6.08. The highest BCUT2D eigenvalue weighted by Gasteiger charge is 2.11. The van der Waals surface area contributed by atoms with Gasteiger partial charge in [-0.1, -0.05) is 5.16 Å². The number of nitrogens with one attached hydrogen (secondary N) is 3. The lowest BCUT2D eigenvalue weighted by Gasteiger charge is -2.08. The summed E-state index contributed by atoms with van der Waals surface area (Å²) >= 11 is 3.40. The normalized spacial score (nSPS) is 10.9. The number of amides is 1. The molecular weight excluding hydrogens is 432 g/mol. The van der Waals surface area contributed by atoms with Crippen molar-refractivity contribution in [2.24, 2.45) is 5.73 Å². The summed E-state index contributed by atoms with van der Waals surface area (Å²) < 4.78 is 11.3. The van der Waals surface area contributed by atoms with Crippen LogP contribution in [0.2, 0.25) is 0 Å². The molecule has 28 heavy (non-hydrogen) atoms. The predicted octanol–water partition coefficient (Wildman–Crippen LogP) is 2.12. The Morgan fingerprint density at radius 3 is 3.00 bits per heavy atom. The van der Waals surface area contributed by atoms with Crippen molar-refractivity contribution in [3.05, 3.63) is 34.3 Å². The van der Waals surface area contributed by atoms with Crippen molar-refractivity contribution in [1.29, 1.82) is 0 Å². The second-order valence-corrected chi connectivity index (χ2v) is 6.94. The van der Waals surface area contributed by atoms with Crippen LogP contribution in [-0.2, 0) is 17.8 Å². The molecule has 0 aliphatic rings. The monoisotopic (exact) mass is 450 g/mol. The van der Waals surface area contributed by atoms with Gasteiger partial charge in [-0.3, -0.25) is 9.89 Å². The van der Waals surface area contributed by atoms with Crippen LogP contribution in [0, 0.1) is 0 Å². The van der Waals surface area contributed by atoms with Gasteiger partial charge in [0.25, 0.3) is 0 Å². The van der Waals surface area contributed by atoms with Crippen LogP contribution in [0.3, 0.4) is 0 Å². The summed E-state index contributed by atoms with van der Waals surface area (Å²) in [4.78, 5) is 19.5. The van der Waals surface area contributed by atoms with Crippen molar-refractivity contribution >= 4 is 39.4 Å². The van der Waals surface area contributed by atoms with Gasteiger partial charge in [0.2, 0.25) is 17.7 Å². The number of primary amides is 1. The van der Waals surface area contributed by atoms with Crippen LogP contribution < -0.4 is 21.1 Å². The molecule has 0 atom stereocenters. The number of aromatic amines is 1. The van der Waals surface area contributed by atoms with Crippen LogP contribution in [0.4, 0.5) is 17.6 Å². The number of carbonyl (C=O) groups excluding carboxylic acids is 1. The molecule has 3 aromatic rings. The number of rotatable bonds is 9. The fourth-order valence-electron chi connectivity index (χ4n) is 2.20. The molecule has 148 valence electrons. The highest BCUT2D eigenvalue weighted by Crippen LogP contribution is 2.25. The Labute approximate surface area is 168 Å². The van der Waals surface area contributed by atoms with Gasteiger partial charge >= 0.3 is 0 Å². The van der Waals surface area contributed by atoms with Gasteiger partial charge in [-0.15, -0.1) is 5.10 Å². The molecule has 0 unspecified atom stereocenters. The lowest BCUT2D eigenvalue weighted by Crippen LogP contribution is -2.13. The number of nitrogens with two attached hydrogens (primary N) is 1. The molecule has 0 aliphatic carbocycles. The first-order valence-electron chi connectivity index (χ1n) is 8.37. The Kier molecular flexibility index (Phi) is 6.09. The highest BCUT2D eigenvalue weighted by molar-refractivity contribution is 9.10. The molecule has 3 aromatic heterocycles. The number of carbonyl (C=O) groups is 1. The number of hydrogen-bond donors (Lipinski definition) is 4. The molecule has 1 amide bonds. The minimum Gasteiger partial charge on any atom is -0.474 e. The standard InChI is InChI=1S/C16H19BrN8O3/c1-8(2)27-14-5-13(23-24-14)21-15-11(17)7-20-16(22-15)19-6-10-3-9(25-28-10)4-12(18)26/h3,5,7-8H,4,6H2,1-2H3,(H2,18,26)(H3,19,20,21,22,23,24). The summed E-state index contributed by atoms with van der Waals surface area (Å²) in [6.07, 6.45) is 1.66. The van der Waals surface area contributed by atoms with E-state index in [1.807, 2.05) is 13.8 Å². The van der Waals surface area contributed by atoms with E-state index >= 15 is 0 Å². The zero-order valence-corrected chi connectivity index (χ0v) is 16.8. The van der Waals surface area contributed by atoms with Crippen molar-refractivity contribution in [3.8, 4) is 5.88 Å². The Balaban J connectivity index is 1.63. The van der Waals surface area contributed by atoms with Crippen LogP contribution in [0.15, 0.2) is 27.3 Å². The molecule has 11 nitrogen and oxygen atoms in total. The van der Waals surface area contributed by atoms with Crippen LogP contribution in [0.1, 0.15) is 25.3 Å². The van der Waals surface area contributed by atoms with Crippen LogP contribution in [0.25, 0.3) is 0 Å². The highest BCUT2D eigenvalue weighted by atomic mass is 79.9. The van der Waals surface area contributed by atoms with Gasteiger partial charge < -0.3 is 25.6 Å². The van der Waals surface area contributed by atoms with Crippen LogP contribution >= 0.6 is 15.9 Å². The Bertz CT molecular complexity index is 955. The third-order valence-electron chi connectivity index (χ3n) is 3.29. The minimum atomic E-state index is -0.472. The van der Waals surface area contributed by atoms with E-state index in [1.54, 1.807) is 18.3 Å². The lowest BCUT2D eigenvalue weighted by atomic mass is 10.3. The molecule has 12 heteroatoms. The summed E-state index contributed by atoms with van der Waals surface area (Å²) in [6, 6.07) is 3.38. The Morgan fingerprint density at radius 1 is 1.43 bits per heavy atom. The largest absolute Gasteiger partial charge is 0.474 e. The van der Waals surface area contributed by atoms with E-state index in [2.05, 4.69) is 51.9 Å². The van der Waals surface area contributed by atoms with Crippen molar-refractivity contribution in [2.75, 3.05) is 10.6 Å². The average Bonchev–Trinajstić information content (AvgIpc) is 3.24. The molecule has 0 saturated carbocycles. The minimum absolute atomic E-state index is 0.0253. The van der Waals surface area contributed by atoms with E-state index in [-0.39, 0.29) is 12.5 Å². The van der Waals surface area contributed by atoms with E-state index < -0.39 is 5.91 Å². The topological polar surface area (TPSA) is 157 Å². The molecule has 0 saturated heterocycles. The SMILES string of the molecule is CC(C)Oc1cc(Nc2nc(NCc3cc(CC(N)=O)no3)ncc2Br)[nH]n1. The Morgan fingerprint density at radius 2 is 2.25 bits per heavy atom. The zero-order valence-electron chi connectivity index (χ0n) is 15.2. The van der Waals surface area contributed by atoms with Crippen LogP contribution in [0.5, 0.6) is 5.88 Å². The molecule has 0 fully saturated rings. The Hall–Kier alpha value is -3.15. The molecule has 0 bridgehead atoms. The van der Waals surface area contributed by atoms with E-state index in [9.17, 15) is 4.79 Å². The molecule has 0 spiro atoms. The van der Waals surface area contributed by atoms with Crippen molar-refractivity contribution in [3.63, 3.8) is 0 Å². The van der Waals surface area contributed by atoms with E-state index in [0.29, 0.717) is 45.9 Å². The summed E-state index contributed by atoms with van der Waals surface area (Å²) in [7, 11) is 0. The molecule has 0 aromatic carbocycles. The molecule has 3 rings (SSSR count). The molecule has 0 aliphatic heterocycles. The fraction of sp³-hybridized carbons (Fsp3) is 0.312. The van der Waals surface area contributed by atoms with Gasteiger partial charge in [-0.05, 0) is 29.8 Å². The maximum Gasteiger partial charge on any atom is 0.234 e. The number of ether oxygens (including phenoxy) is 1. The first-order valence-corrected chi connectivity index (χ1v) is 9.16. The number of hydrogen-bond acceptors (Lipinski definition) is 9. The summed E-state index contributed by atoms with van der Waals surface area (Å²) in [5.41, 5.74) is 5.61. The van der Waals surface area contributed by atoms with Gasteiger partial charge in [-0.25, -0.2) is 4.98 Å². The van der Waals surface area contributed by atoms with Crippen molar-refractivity contribution < 1.29 is 14.1 Å². The third-order valence-corrected chi connectivity index (χ3v) is 3.87. The van der Waals surface area contributed by atoms with Gasteiger partial charge in [0.15, 0.2) is 11.6 Å². The van der Waals surface area contributed by atoms with Gasteiger partial charge in [0.05, 0.1) is 29.2 Å². The van der Waals surface area contributed by atoms with E-state index in [4.69, 9.17) is 15.0 Å². The summed E-state index contributed by atoms with van der Waals surface area (Å²) in [5.74, 6) is 2.06. The zero-order chi connectivity index (χ0) is 20.1. The van der Waals surface area contributed by atoms with E-state index in [1.165, 1.54) is 0 Å². The quantitative estimate of drug-likeness (QED) is 0.383. The number of anilines is 3. The molecule has 5 N–H and O–H groups in total. The van der Waals surface area contributed by atoms with Gasteiger partial charge in [0, 0.05) is 18.3 Å². The molecule has 0 radical (unpaired) electrons. The van der Waals surface area contributed by atoms with Gasteiger partial charge in [-0.2, -0.15) is 4.98 Å². The lowest BCUT2D eigenvalue weighted by molar-refractivity contribution is -0.117. The number of nitrogens with zero attached hydrogens (tertiary/aromatic N) is 4. The number of aromatic nitrogens is 5. The smallest absolute Gasteiger partial charge is 0.234 e. The molecular formula is C16H19BrN8O3. The predicted molar refractivity (Wildman–Crippen MR) is 104 cm³/mol. The molecule has 3 heterocycles. The maximum absolute atomic E-state index is 10.9. The summed E-state index contributed by atoms with van der Waals surface area (Å²) in [5, 5.41) is 16.8.